The molecule has 8 nitrogen and oxygen atoms in total. The maximum absolute atomic E-state index is 11.9. The zero-order chi connectivity index (χ0) is 17.0. The van der Waals surface area contributed by atoms with Gasteiger partial charge in [-0.25, -0.2) is 0 Å². The van der Waals surface area contributed by atoms with Crippen LogP contribution in [-0.4, -0.2) is 47.8 Å². The molecule has 2 N–H and O–H groups in total. The van der Waals surface area contributed by atoms with Crippen LogP contribution in [-0.2, 0) is 9.59 Å². The summed E-state index contributed by atoms with van der Waals surface area (Å²) in [5, 5.41) is 16.2. The second-order valence-corrected chi connectivity index (χ2v) is 5.89. The number of anilines is 1. The molecule has 9 heteroatoms. The minimum atomic E-state index is -0.619. The summed E-state index contributed by atoms with van der Waals surface area (Å²) in [4.78, 5) is 35.3. The van der Waals surface area contributed by atoms with E-state index >= 15 is 0 Å². The average Bonchev–Trinajstić information content (AvgIpc) is 3.23. The van der Waals surface area contributed by atoms with E-state index in [0.717, 1.165) is 12.8 Å². The lowest BCUT2D eigenvalue weighted by molar-refractivity contribution is -0.384. The Kier molecular flexibility index (Phi) is 5.51. The number of hydrogen-bond acceptors (Lipinski definition) is 5. The van der Waals surface area contributed by atoms with E-state index in [0.29, 0.717) is 0 Å². The van der Waals surface area contributed by atoms with Crippen LogP contribution in [0.3, 0.4) is 0 Å². The lowest BCUT2D eigenvalue weighted by Gasteiger charge is -2.15. The van der Waals surface area contributed by atoms with E-state index in [1.807, 2.05) is 0 Å². The number of nitro benzene ring substituents is 1. The average molecular weight is 341 g/mol. The van der Waals surface area contributed by atoms with Gasteiger partial charge in [0, 0.05) is 17.8 Å². The zero-order valence-corrected chi connectivity index (χ0v) is 13.3. The third-order valence-electron chi connectivity index (χ3n) is 3.20. The van der Waals surface area contributed by atoms with Crippen molar-refractivity contribution in [3.63, 3.8) is 0 Å². The summed E-state index contributed by atoms with van der Waals surface area (Å²) < 4.78 is 0. The SMILES string of the molecule is CN(CC(=O)Nc1ccc(Cl)c([N+](=O)[O-])c1)CC(=O)NC1CC1. The van der Waals surface area contributed by atoms with Gasteiger partial charge in [0.25, 0.3) is 5.69 Å². The lowest BCUT2D eigenvalue weighted by Crippen LogP contribution is -2.39. The van der Waals surface area contributed by atoms with E-state index in [1.54, 1.807) is 11.9 Å². The highest BCUT2D eigenvalue weighted by molar-refractivity contribution is 6.32. The van der Waals surface area contributed by atoms with Crippen molar-refractivity contribution in [1.29, 1.82) is 0 Å². The van der Waals surface area contributed by atoms with E-state index in [2.05, 4.69) is 10.6 Å². The minimum Gasteiger partial charge on any atom is -0.352 e. The standard InChI is InChI=1S/C14H17ClN4O4/c1-18(7-13(20)16-9-2-3-9)8-14(21)17-10-4-5-11(15)12(6-10)19(22)23/h4-6,9H,2-3,7-8H2,1H3,(H,16,20)(H,17,21). The normalized spacial score (nSPS) is 13.7. The predicted molar refractivity (Wildman–Crippen MR) is 85.4 cm³/mol. The van der Waals surface area contributed by atoms with Crippen molar-refractivity contribution < 1.29 is 14.5 Å². The molecule has 0 spiro atoms. The van der Waals surface area contributed by atoms with Gasteiger partial charge < -0.3 is 10.6 Å². The van der Waals surface area contributed by atoms with Crippen LogP contribution in [0, 0.1) is 10.1 Å². The molecule has 1 fully saturated rings. The Morgan fingerprint density at radius 3 is 2.61 bits per heavy atom. The molecule has 1 aromatic rings. The monoisotopic (exact) mass is 340 g/mol. The van der Waals surface area contributed by atoms with Crippen LogP contribution >= 0.6 is 11.6 Å². The Labute approximate surface area is 137 Å². The van der Waals surface area contributed by atoms with E-state index < -0.39 is 4.92 Å². The molecule has 1 aliphatic rings. The molecule has 0 radical (unpaired) electrons. The van der Waals surface area contributed by atoms with Crippen LogP contribution in [0.1, 0.15) is 12.8 Å². The summed E-state index contributed by atoms with van der Waals surface area (Å²) in [7, 11) is 1.65. The molecule has 0 aliphatic heterocycles. The Hall–Kier alpha value is -2.19. The van der Waals surface area contributed by atoms with Gasteiger partial charge in [0.1, 0.15) is 5.02 Å². The number of nitrogens with one attached hydrogen (secondary N) is 2. The van der Waals surface area contributed by atoms with Crippen LogP contribution < -0.4 is 10.6 Å². The number of carbonyl (C=O) groups is 2. The Morgan fingerprint density at radius 2 is 2.00 bits per heavy atom. The van der Waals surface area contributed by atoms with Gasteiger partial charge in [-0.15, -0.1) is 0 Å². The molecule has 0 atom stereocenters. The molecule has 2 amide bonds. The fraction of sp³-hybridized carbons (Fsp3) is 0.429. The van der Waals surface area contributed by atoms with E-state index in [-0.39, 0.29) is 47.3 Å². The van der Waals surface area contributed by atoms with Gasteiger partial charge in [0.15, 0.2) is 0 Å². The van der Waals surface area contributed by atoms with Crippen molar-refractivity contribution in [1.82, 2.24) is 10.2 Å². The van der Waals surface area contributed by atoms with Crippen molar-refractivity contribution in [2.24, 2.45) is 0 Å². The molecule has 124 valence electrons. The van der Waals surface area contributed by atoms with Gasteiger partial charge in [-0.05, 0) is 32.0 Å². The topological polar surface area (TPSA) is 105 Å². The number of benzene rings is 1. The molecule has 23 heavy (non-hydrogen) atoms. The van der Waals surface area contributed by atoms with Crippen LogP contribution in [0.25, 0.3) is 0 Å². The number of amides is 2. The molecule has 0 bridgehead atoms. The first-order valence-corrected chi connectivity index (χ1v) is 7.44. The number of halogens is 1. The maximum Gasteiger partial charge on any atom is 0.289 e. The van der Waals surface area contributed by atoms with Crippen molar-refractivity contribution in [2.45, 2.75) is 18.9 Å². The van der Waals surface area contributed by atoms with Crippen molar-refractivity contribution in [2.75, 3.05) is 25.5 Å². The summed E-state index contributed by atoms with van der Waals surface area (Å²) in [6.07, 6.45) is 2.01. The largest absolute Gasteiger partial charge is 0.352 e. The third kappa shape index (κ3) is 5.50. The molecule has 0 saturated heterocycles. The highest BCUT2D eigenvalue weighted by Crippen LogP contribution is 2.27. The van der Waals surface area contributed by atoms with E-state index in [9.17, 15) is 19.7 Å². The Bertz CT molecular complexity index is 633. The quantitative estimate of drug-likeness (QED) is 0.576. The fourth-order valence-corrected chi connectivity index (χ4v) is 2.16. The smallest absolute Gasteiger partial charge is 0.289 e. The molecule has 2 rings (SSSR count). The Balaban J connectivity index is 1.84. The summed E-state index contributed by atoms with van der Waals surface area (Å²) in [5.41, 5.74) is 0.00330. The Morgan fingerprint density at radius 1 is 1.35 bits per heavy atom. The molecule has 0 unspecified atom stereocenters. The van der Waals surface area contributed by atoms with Crippen LogP contribution in [0.2, 0.25) is 5.02 Å². The van der Waals surface area contributed by atoms with Crippen molar-refractivity contribution in [3.05, 3.63) is 33.3 Å². The summed E-state index contributed by atoms with van der Waals surface area (Å²) in [6, 6.07) is 4.30. The minimum absolute atomic E-state index is 0.00173. The molecule has 0 heterocycles. The molecule has 1 saturated carbocycles. The number of carbonyl (C=O) groups excluding carboxylic acids is 2. The number of hydrogen-bond donors (Lipinski definition) is 2. The molecular formula is C14H17ClN4O4. The van der Waals surface area contributed by atoms with Gasteiger partial charge in [-0.2, -0.15) is 0 Å². The first-order chi connectivity index (χ1) is 10.8. The first kappa shape index (κ1) is 17.2. The summed E-state index contributed by atoms with van der Waals surface area (Å²) >= 11 is 5.71. The fourth-order valence-electron chi connectivity index (χ4n) is 1.98. The van der Waals surface area contributed by atoms with Gasteiger partial charge in [0.2, 0.25) is 11.8 Å². The third-order valence-corrected chi connectivity index (χ3v) is 3.52. The number of nitrogens with zero attached hydrogens (tertiary/aromatic N) is 2. The van der Waals surface area contributed by atoms with E-state index in [1.165, 1.54) is 18.2 Å². The number of rotatable bonds is 7. The second kappa shape index (κ2) is 7.38. The van der Waals surface area contributed by atoms with Crippen molar-refractivity contribution in [3.8, 4) is 0 Å². The van der Waals surface area contributed by atoms with Crippen LogP contribution in [0.4, 0.5) is 11.4 Å². The molecule has 0 aromatic heterocycles. The van der Waals surface area contributed by atoms with Gasteiger partial charge in [0.05, 0.1) is 18.0 Å². The van der Waals surface area contributed by atoms with Gasteiger partial charge in [-0.1, -0.05) is 11.6 Å². The van der Waals surface area contributed by atoms with E-state index in [4.69, 9.17) is 11.6 Å². The zero-order valence-electron chi connectivity index (χ0n) is 12.5. The summed E-state index contributed by atoms with van der Waals surface area (Å²) in [5.74, 6) is -0.492. The lowest BCUT2D eigenvalue weighted by atomic mass is 10.2. The number of likely N-dealkylation sites (N-methyl/N-ethyl adjacent to an activating group) is 1. The second-order valence-electron chi connectivity index (χ2n) is 5.49. The van der Waals surface area contributed by atoms with Crippen LogP contribution in [0.5, 0.6) is 0 Å². The maximum atomic E-state index is 11.9. The predicted octanol–water partition coefficient (Wildman–Crippen LogP) is 1.40. The van der Waals surface area contributed by atoms with Crippen LogP contribution in [0.15, 0.2) is 18.2 Å². The number of nitro groups is 1. The van der Waals surface area contributed by atoms with Crippen molar-refractivity contribution >= 4 is 34.8 Å². The molecular weight excluding hydrogens is 324 g/mol. The highest BCUT2D eigenvalue weighted by Gasteiger charge is 2.23. The van der Waals surface area contributed by atoms with Gasteiger partial charge >= 0.3 is 0 Å². The molecule has 1 aliphatic carbocycles. The summed E-state index contributed by atoms with van der Waals surface area (Å²) in [6.45, 7) is 0.110. The first-order valence-electron chi connectivity index (χ1n) is 7.07. The van der Waals surface area contributed by atoms with Gasteiger partial charge in [-0.3, -0.25) is 24.6 Å². The molecule has 1 aromatic carbocycles. The highest BCUT2D eigenvalue weighted by atomic mass is 35.5.